The van der Waals surface area contributed by atoms with E-state index < -0.39 is 55.2 Å². The van der Waals surface area contributed by atoms with Crippen LogP contribution in [-0.4, -0.2) is 26.3 Å². The van der Waals surface area contributed by atoms with Crippen LogP contribution in [0.3, 0.4) is 0 Å². The number of benzene rings is 2. The lowest BCUT2D eigenvalue weighted by Crippen LogP contribution is -2.18. The Labute approximate surface area is 184 Å². The largest absolute Gasteiger partial charge is 0.496 e. The molecule has 0 aliphatic heterocycles. The van der Waals surface area contributed by atoms with Crippen LogP contribution >= 0.6 is 11.6 Å². The van der Waals surface area contributed by atoms with Gasteiger partial charge in [0.05, 0.1) is 28.3 Å². The molecule has 2 aromatic carbocycles. The summed E-state index contributed by atoms with van der Waals surface area (Å²) in [7, 11) is -3.40. The molecule has 0 unspecified atom stereocenters. The first-order chi connectivity index (χ1) is 14.9. The number of alkyl halides is 3. The molecule has 0 spiro atoms. The van der Waals surface area contributed by atoms with Crippen LogP contribution in [0.5, 0.6) is 5.75 Å². The van der Waals surface area contributed by atoms with E-state index in [4.69, 9.17) is 16.3 Å². The summed E-state index contributed by atoms with van der Waals surface area (Å²) < 4.78 is 85.7. The Kier molecular flexibility index (Phi) is 6.42. The Morgan fingerprint density at radius 1 is 1.12 bits per heavy atom. The fraction of sp³-hybridized carbons (Fsp3) is 0.100. The van der Waals surface area contributed by atoms with Crippen molar-refractivity contribution in [2.24, 2.45) is 0 Å². The number of ether oxygens (including phenoxy) is 1. The molecule has 1 N–H and O–H groups in total. The highest BCUT2D eigenvalue weighted by Gasteiger charge is 2.32. The Bertz CT molecular complexity index is 1300. The van der Waals surface area contributed by atoms with Gasteiger partial charge in [0.1, 0.15) is 22.8 Å². The van der Waals surface area contributed by atoms with Gasteiger partial charge in [-0.25, -0.2) is 17.8 Å². The highest BCUT2D eigenvalue weighted by molar-refractivity contribution is 7.92. The minimum Gasteiger partial charge on any atom is -0.496 e. The molecule has 168 valence electrons. The van der Waals surface area contributed by atoms with Crippen molar-refractivity contribution in [3.63, 3.8) is 0 Å². The molecule has 0 bridgehead atoms. The van der Waals surface area contributed by atoms with Gasteiger partial charge < -0.3 is 4.74 Å². The summed E-state index contributed by atoms with van der Waals surface area (Å²) in [6, 6.07) is 7.65. The lowest BCUT2D eigenvalue weighted by Gasteiger charge is -2.14. The molecule has 3 aromatic rings. The van der Waals surface area contributed by atoms with Gasteiger partial charge in [-0.2, -0.15) is 13.2 Å². The second-order valence-electron chi connectivity index (χ2n) is 6.33. The maximum absolute atomic E-state index is 14.3. The molecule has 0 saturated heterocycles. The number of sulfonamides is 1. The number of halogens is 5. The van der Waals surface area contributed by atoms with Crippen LogP contribution in [0, 0.1) is 5.82 Å². The van der Waals surface area contributed by atoms with Crippen LogP contribution in [0.1, 0.15) is 21.6 Å². The van der Waals surface area contributed by atoms with Gasteiger partial charge in [0.2, 0.25) is 5.78 Å². The molecule has 0 amide bonds. The highest BCUT2D eigenvalue weighted by Crippen LogP contribution is 2.32. The molecule has 0 atom stereocenters. The van der Waals surface area contributed by atoms with E-state index in [1.165, 1.54) is 19.2 Å². The molecule has 3 rings (SSSR count). The van der Waals surface area contributed by atoms with E-state index in [0.717, 1.165) is 30.5 Å². The topological polar surface area (TPSA) is 85.4 Å². The van der Waals surface area contributed by atoms with E-state index in [-0.39, 0.29) is 10.8 Å². The molecule has 0 radical (unpaired) electrons. The molecule has 1 aromatic heterocycles. The third kappa shape index (κ3) is 4.83. The predicted octanol–water partition coefficient (Wildman–Crippen LogP) is 4.93. The van der Waals surface area contributed by atoms with Crippen LogP contribution in [0.25, 0.3) is 0 Å². The van der Waals surface area contributed by atoms with Crippen LogP contribution in [0.15, 0.2) is 59.6 Å². The standard InChI is InChI=1S/C20H13ClF4N2O4S/c1-31-16-7-3-6-14(22)17(16)19(28)18-15(9-12(21)10-26-18)27-32(29,30)13-5-2-4-11(8-13)20(23,24)25/h2-10,27H,1H3. The second kappa shape index (κ2) is 8.75. The monoisotopic (exact) mass is 488 g/mol. The summed E-state index contributed by atoms with van der Waals surface area (Å²) >= 11 is 5.86. The Hall–Kier alpha value is -3.18. The number of pyridine rings is 1. The number of anilines is 1. The average molecular weight is 489 g/mol. The van der Waals surface area contributed by atoms with E-state index in [1.54, 1.807) is 0 Å². The van der Waals surface area contributed by atoms with Gasteiger partial charge in [0.15, 0.2) is 0 Å². The van der Waals surface area contributed by atoms with Crippen molar-refractivity contribution in [3.8, 4) is 5.75 Å². The lowest BCUT2D eigenvalue weighted by molar-refractivity contribution is -0.137. The van der Waals surface area contributed by atoms with E-state index in [9.17, 15) is 30.8 Å². The Morgan fingerprint density at radius 2 is 1.81 bits per heavy atom. The summed E-state index contributed by atoms with van der Waals surface area (Å²) in [5.41, 5.74) is -2.68. The molecule has 0 saturated carbocycles. The molecular weight excluding hydrogens is 476 g/mol. The molecular formula is C20H13ClF4N2O4S. The van der Waals surface area contributed by atoms with Crippen molar-refractivity contribution < 1.29 is 35.5 Å². The van der Waals surface area contributed by atoms with E-state index in [1.807, 2.05) is 4.72 Å². The number of hydrogen-bond acceptors (Lipinski definition) is 5. The zero-order chi connectivity index (χ0) is 23.7. The zero-order valence-corrected chi connectivity index (χ0v) is 17.6. The number of ketones is 1. The van der Waals surface area contributed by atoms with Crippen molar-refractivity contribution in [2.75, 3.05) is 11.8 Å². The normalized spacial score (nSPS) is 11.8. The van der Waals surface area contributed by atoms with E-state index >= 15 is 0 Å². The number of carbonyl (C=O) groups excluding carboxylic acids is 1. The van der Waals surface area contributed by atoms with Gasteiger partial charge in [-0.3, -0.25) is 9.52 Å². The SMILES string of the molecule is COc1cccc(F)c1C(=O)c1ncc(Cl)cc1NS(=O)(=O)c1cccc(C(F)(F)F)c1. The third-order valence-electron chi connectivity index (χ3n) is 4.21. The number of nitrogens with zero attached hydrogens (tertiary/aromatic N) is 1. The maximum Gasteiger partial charge on any atom is 0.416 e. The summed E-state index contributed by atoms with van der Waals surface area (Å²) in [4.78, 5) is 16.1. The van der Waals surface area contributed by atoms with Crippen LogP contribution < -0.4 is 9.46 Å². The first-order valence-corrected chi connectivity index (χ1v) is 10.5. The van der Waals surface area contributed by atoms with Crippen LogP contribution in [-0.2, 0) is 16.2 Å². The number of aromatic nitrogens is 1. The summed E-state index contributed by atoms with van der Waals surface area (Å²) in [6.07, 6.45) is -3.74. The molecule has 0 aliphatic rings. The fourth-order valence-corrected chi connectivity index (χ4v) is 4.02. The van der Waals surface area contributed by atoms with Crippen molar-refractivity contribution in [3.05, 3.63) is 82.4 Å². The quantitative estimate of drug-likeness (QED) is 0.392. The Balaban J connectivity index is 2.08. The zero-order valence-electron chi connectivity index (χ0n) is 16.1. The smallest absolute Gasteiger partial charge is 0.416 e. The van der Waals surface area contributed by atoms with Crippen LogP contribution in [0.2, 0.25) is 5.02 Å². The maximum atomic E-state index is 14.3. The van der Waals surface area contributed by atoms with Crippen molar-refractivity contribution in [1.82, 2.24) is 4.98 Å². The van der Waals surface area contributed by atoms with Gasteiger partial charge >= 0.3 is 6.18 Å². The van der Waals surface area contributed by atoms with Crippen LogP contribution in [0.4, 0.5) is 23.2 Å². The van der Waals surface area contributed by atoms with Gasteiger partial charge in [0.25, 0.3) is 10.0 Å². The van der Waals surface area contributed by atoms with Gasteiger partial charge in [-0.1, -0.05) is 23.7 Å². The van der Waals surface area contributed by atoms with Crippen molar-refractivity contribution >= 4 is 33.1 Å². The molecule has 1 heterocycles. The molecule has 0 fully saturated rings. The van der Waals surface area contributed by atoms with Crippen molar-refractivity contribution in [2.45, 2.75) is 11.1 Å². The van der Waals surface area contributed by atoms with Crippen molar-refractivity contribution in [1.29, 1.82) is 0 Å². The number of nitrogens with one attached hydrogen (secondary N) is 1. The van der Waals surface area contributed by atoms with Gasteiger partial charge in [0, 0.05) is 6.20 Å². The number of methoxy groups -OCH3 is 1. The lowest BCUT2D eigenvalue weighted by atomic mass is 10.0. The second-order valence-corrected chi connectivity index (χ2v) is 8.45. The molecule has 0 aliphatic carbocycles. The minimum absolute atomic E-state index is 0.0798. The summed E-state index contributed by atoms with van der Waals surface area (Å²) in [5.74, 6) is -2.10. The molecule has 12 heteroatoms. The van der Waals surface area contributed by atoms with Gasteiger partial charge in [-0.15, -0.1) is 0 Å². The number of rotatable bonds is 6. The van der Waals surface area contributed by atoms with Gasteiger partial charge in [-0.05, 0) is 36.4 Å². The number of carbonyl (C=O) groups is 1. The third-order valence-corrected chi connectivity index (χ3v) is 5.78. The molecule has 6 nitrogen and oxygen atoms in total. The summed E-state index contributed by atoms with van der Waals surface area (Å²) in [5, 5.41) is -0.0798. The number of hydrogen-bond donors (Lipinski definition) is 1. The minimum atomic E-state index is -4.77. The predicted molar refractivity (Wildman–Crippen MR) is 108 cm³/mol. The first kappa shape index (κ1) is 23.5. The Morgan fingerprint density at radius 3 is 2.47 bits per heavy atom. The fourth-order valence-electron chi connectivity index (χ4n) is 2.75. The first-order valence-electron chi connectivity index (χ1n) is 8.67. The average Bonchev–Trinajstić information content (AvgIpc) is 2.72. The molecule has 32 heavy (non-hydrogen) atoms. The van der Waals surface area contributed by atoms with E-state index in [0.29, 0.717) is 12.1 Å². The highest BCUT2D eigenvalue weighted by atomic mass is 35.5. The van der Waals surface area contributed by atoms with E-state index in [2.05, 4.69) is 4.98 Å². The summed E-state index contributed by atoms with van der Waals surface area (Å²) in [6.45, 7) is 0.